The quantitative estimate of drug-likeness (QED) is 0.595. The fourth-order valence-corrected chi connectivity index (χ4v) is 5.37. The van der Waals surface area contributed by atoms with Gasteiger partial charge in [0.1, 0.15) is 5.60 Å². The average molecular weight is 336 g/mol. The van der Waals surface area contributed by atoms with Gasteiger partial charge in [-0.3, -0.25) is 4.55 Å². The highest BCUT2D eigenvalue weighted by atomic mass is 32.2. The molecule has 4 rings (SSSR count). The van der Waals surface area contributed by atoms with Crippen molar-refractivity contribution in [1.29, 1.82) is 0 Å². The van der Waals surface area contributed by atoms with Crippen molar-refractivity contribution in [3.8, 4) is 0 Å². The molecule has 0 amide bonds. The van der Waals surface area contributed by atoms with Crippen molar-refractivity contribution >= 4 is 16.1 Å². The third kappa shape index (κ3) is 2.27. The van der Waals surface area contributed by atoms with Gasteiger partial charge in [0.2, 0.25) is 0 Å². The minimum atomic E-state index is -5.20. The van der Waals surface area contributed by atoms with Crippen LogP contribution in [-0.2, 0) is 19.6 Å². The normalized spacial score (nSPS) is 42.9. The molecule has 0 aromatic heterocycles. The molecule has 6 nitrogen and oxygen atoms in total. The summed E-state index contributed by atoms with van der Waals surface area (Å²) >= 11 is 0. The molecule has 22 heavy (non-hydrogen) atoms. The third-order valence-electron chi connectivity index (χ3n) is 5.64. The largest absolute Gasteiger partial charge is 0.456 e. The van der Waals surface area contributed by atoms with Crippen molar-refractivity contribution in [2.24, 2.45) is 17.8 Å². The number of ether oxygens (including phenoxy) is 1. The number of aliphatic hydroxyl groups excluding tert-OH is 1. The third-order valence-corrected chi connectivity index (χ3v) is 6.92. The fraction of sp³-hybridized carbons (Fsp3) is 0.929. The number of rotatable bonds is 4. The van der Waals surface area contributed by atoms with Gasteiger partial charge in [-0.05, 0) is 49.9 Å². The SMILES string of the molecule is CCC(F)(C(=O)OC12CC3CC(C1)C(O)C(C3)C2)S(=O)(=O)O. The van der Waals surface area contributed by atoms with E-state index in [1.54, 1.807) is 0 Å². The highest BCUT2D eigenvalue weighted by molar-refractivity contribution is 7.87. The van der Waals surface area contributed by atoms with Crippen LogP contribution in [0.2, 0.25) is 0 Å². The van der Waals surface area contributed by atoms with Crippen molar-refractivity contribution in [3.63, 3.8) is 0 Å². The molecule has 2 N–H and O–H groups in total. The summed E-state index contributed by atoms with van der Waals surface area (Å²) in [5.74, 6) is -1.19. The Hall–Kier alpha value is -0.730. The van der Waals surface area contributed by atoms with Crippen LogP contribution in [0, 0.1) is 17.8 Å². The van der Waals surface area contributed by atoms with Crippen LogP contribution in [0.1, 0.15) is 45.4 Å². The van der Waals surface area contributed by atoms with Crippen LogP contribution in [-0.4, -0.2) is 40.8 Å². The van der Waals surface area contributed by atoms with Crippen LogP contribution in [0.15, 0.2) is 0 Å². The number of hydrogen-bond acceptors (Lipinski definition) is 5. The average Bonchev–Trinajstić information content (AvgIpc) is 2.41. The van der Waals surface area contributed by atoms with Gasteiger partial charge in [0.05, 0.1) is 6.10 Å². The first-order valence-corrected chi connectivity index (χ1v) is 9.12. The van der Waals surface area contributed by atoms with Gasteiger partial charge in [0.15, 0.2) is 0 Å². The zero-order chi connectivity index (χ0) is 16.3. The lowest BCUT2D eigenvalue weighted by molar-refractivity contribution is -0.211. The maximum Gasteiger partial charge on any atom is 0.363 e. The Kier molecular flexibility index (Phi) is 3.58. The zero-order valence-corrected chi connectivity index (χ0v) is 13.2. The van der Waals surface area contributed by atoms with E-state index in [9.17, 15) is 22.7 Å². The maximum absolute atomic E-state index is 14.4. The van der Waals surface area contributed by atoms with Crippen molar-refractivity contribution in [1.82, 2.24) is 0 Å². The van der Waals surface area contributed by atoms with Crippen LogP contribution in [0.3, 0.4) is 0 Å². The minimum Gasteiger partial charge on any atom is -0.456 e. The molecule has 0 saturated heterocycles. The van der Waals surface area contributed by atoms with Gasteiger partial charge in [-0.2, -0.15) is 8.42 Å². The van der Waals surface area contributed by atoms with E-state index in [2.05, 4.69) is 0 Å². The first-order valence-electron chi connectivity index (χ1n) is 7.68. The van der Waals surface area contributed by atoms with Gasteiger partial charge < -0.3 is 9.84 Å². The molecular weight excluding hydrogens is 315 g/mol. The van der Waals surface area contributed by atoms with Crippen LogP contribution < -0.4 is 0 Å². The Morgan fingerprint density at radius 1 is 1.32 bits per heavy atom. The number of hydrogen-bond donors (Lipinski definition) is 2. The van der Waals surface area contributed by atoms with Crippen molar-refractivity contribution in [2.45, 2.75) is 62.2 Å². The summed E-state index contributed by atoms with van der Waals surface area (Å²) in [5.41, 5.74) is -0.899. The lowest BCUT2D eigenvalue weighted by Gasteiger charge is -2.57. The van der Waals surface area contributed by atoms with E-state index in [1.807, 2.05) is 0 Å². The Morgan fingerprint density at radius 2 is 1.86 bits per heavy atom. The van der Waals surface area contributed by atoms with E-state index in [0.29, 0.717) is 25.2 Å². The Bertz CT molecular complexity index is 574. The predicted octanol–water partition coefficient (Wildman–Crippen LogP) is 1.43. The van der Waals surface area contributed by atoms with E-state index in [-0.39, 0.29) is 11.8 Å². The molecule has 4 aliphatic rings. The molecule has 4 saturated carbocycles. The highest BCUT2D eigenvalue weighted by Crippen LogP contribution is 2.57. The molecule has 0 radical (unpaired) electrons. The van der Waals surface area contributed by atoms with Gasteiger partial charge in [-0.15, -0.1) is 0 Å². The molecule has 4 fully saturated rings. The van der Waals surface area contributed by atoms with Gasteiger partial charge in [0, 0.05) is 6.42 Å². The van der Waals surface area contributed by atoms with E-state index in [1.165, 1.54) is 6.92 Å². The molecule has 3 unspecified atom stereocenters. The predicted molar refractivity (Wildman–Crippen MR) is 74.1 cm³/mol. The summed E-state index contributed by atoms with van der Waals surface area (Å²) in [6.45, 7) is 1.17. The summed E-state index contributed by atoms with van der Waals surface area (Å²) in [7, 11) is -5.20. The second-order valence-electron chi connectivity index (χ2n) is 7.09. The maximum atomic E-state index is 14.4. The van der Waals surface area contributed by atoms with E-state index in [0.717, 1.165) is 12.8 Å². The second kappa shape index (κ2) is 4.88. The molecule has 4 aliphatic carbocycles. The van der Waals surface area contributed by atoms with Gasteiger partial charge in [-0.25, -0.2) is 9.18 Å². The topological polar surface area (TPSA) is 101 Å². The standard InChI is InChI=1S/C14H21FO6S/c1-2-14(15,22(18,19)20)12(17)21-13-5-8-3-9(6-13)11(16)10(4-8)7-13/h8-11,16H,2-7H2,1H3,(H,18,19,20). The summed E-state index contributed by atoms with van der Waals surface area (Å²) < 4.78 is 51.2. The van der Waals surface area contributed by atoms with Crippen molar-refractivity contribution < 1.29 is 32.0 Å². The number of halogens is 1. The van der Waals surface area contributed by atoms with Gasteiger partial charge >= 0.3 is 21.1 Å². The molecule has 0 heterocycles. The molecule has 4 bridgehead atoms. The molecular formula is C14H21FO6S. The summed E-state index contributed by atoms with van der Waals surface area (Å²) in [6, 6.07) is 0. The monoisotopic (exact) mass is 336 g/mol. The molecule has 0 aromatic rings. The van der Waals surface area contributed by atoms with E-state index in [4.69, 9.17) is 9.29 Å². The van der Waals surface area contributed by atoms with Crippen molar-refractivity contribution in [2.75, 3.05) is 0 Å². The number of carbonyl (C=O) groups is 1. The van der Waals surface area contributed by atoms with Crippen LogP contribution in [0.25, 0.3) is 0 Å². The van der Waals surface area contributed by atoms with Crippen LogP contribution >= 0.6 is 0 Å². The van der Waals surface area contributed by atoms with Gasteiger partial charge in [-0.1, -0.05) is 6.92 Å². The molecule has 0 aliphatic heterocycles. The zero-order valence-electron chi connectivity index (χ0n) is 12.4. The lowest BCUT2D eigenvalue weighted by Crippen LogP contribution is -2.60. The first kappa shape index (κ1) is 16.1. The number of aliphatic hydroxyl groups is 1. The Morgan fingerprint density at radius 3 is 2.32 bits per heavy atom. The highest BCUT2D eigenvalue weighted by Gasteiger charge is 2.60. The second-order valence-corrected chi connectivity index (χ2v) is 8.69. The Balaban J connectivity index is 1.83. The van der Waals surface area contributed by atoms with Crippen molar-refractivity contribution in [3.05, 3.63) is 0 Å². The summed E-state index contributed by atoms with van der Waals surface area (Å²) in [6.07, 6.45) is 2.03. The van der Waals surface area contributed by atoms with Gasteiger partial charge in [0.25, 0.3) is 0 Å². The lowest BCUT2D eigenvalue weighted by atomic mass is 9.53. The smallest absolute Gasteiger partial charge is 0.363 e. The molecule has 8 heteroatoms. The van der Waals surface area contributed by atoms with Crippen LogP contribution in [0.4, 0.5) is 4.39 Å². The Labute approximate surface area is 128 Å². The minimum absolute atomic E-state index is 0.0143. The summed E-state index contributed by atoms with van der Waals surface area (Å²) in [4.78, 5) is 12.1. The first-order chi connectivity index (χ1) is 10.1. The molecule has 0 spiro atoms. The molecule has 3 atom stereocenters. The molecule has 0 aromatic carbocycles. The van der Waals surface area contributed by atoms with E-state index < -0.39 is 39.2 Å². The fourth-order valence-electron chi connectivity index (χ4n) is 4.75. The number of esters is 1. The number of alkyl halides is 1. The van der Waals surface area contributed by atoms with Crippen LogP contribution in [0.5, 0.6) is 0 Å². The number of carbonyl (C=O) groups excluding carboxylic acids is 1. The van der Waals surface area contributed by atoms with E-state index >= 15 is 0 Å². The summed E-state index contributed by atoms with van der Waals surface area (Å²) in [5, 5.41) is 6.74. The molecule has 126 valence electrons.